The molecule has 0 spiro atoms. The lowest BCUT2D eigenvalue weighted by atomic mass is 9.89. The Morgan fingerprint density at radius 2 is 1.83 bits per heavy atom. The number of nitrogens with zero attached hydrogens (tertiary/aromatic N) is 1. The molecule has 1 saturated heterocycles. The van der Waals surface area contributed by atoms with Crippen LogP contribution in [-0.2, 0) is 14.3 Å². The van der Waals surface area contributed by atoms with E-state index in [4.69, 9.17) is 9.47 Å². The molecule has 0 N–H and O–H groups in total. The molecule has 5 nitrogen and oxygen atoms in total. The molecule has 1 amide bonds. The molecule has 1 aromatic rings. The Labute approximate surface area is 143 Å². The van der Waals surface area contributed by atoms with Crippen molar-refractivity contribution in [3.8, 4) is 0 Å². The second-order valence-corrected chi connectivity index (χ2v) is 7.09. The van der Waals surface area contributed by atoms with Gasteiger partial charge >= 0.3 is 12.1 Å². The van der Waals surface area contributed by atoms with Gasteiger partial charge in [0.2, 0.25) is 0 Å². The van der Waals surface area contributed by atoms with Gasteiger partial charge < -0.3 is 14.4 Å². The van der Waals surface area contributed by atoms with Crippen LogP contribution in [-0.4, -0.2) is 35.7 Å². The molecule has 0 bridgehead atoms. The maximum absolute atomic E-state index is 12.7. The number of hydrogen-bond acceptors (Lipinski definition) is 4. The van der Waals surface area contributed by atoms with Crippen LogP contribution in [0.1, 0.15) is 52.1 Å². The van der Waals surface area contributed by atoms with Gasteiger partial charge in [0, 0.05) is 6.54 Å². The average molecular weight is 333 g/mol. The predicted molar refractivity (Wildman–Crippen MR) is 91.5 cm³/mol. The van der Waals surface area contributed by atoms with Crippen LogP contribution in [0.4, 0.5) is 4.79 Å². The van der Waals surface area contributed by atoms with Gasteiger partial charge in [-0.15, -0.1) is 0 Å². The van der Waals surface area contributed by atoms with E-state index in [0.29, 0.717) is 26.0 Å². The molecule has 0 saturated carbocycles. The van der Waals surface area contributed by atoms with E-state index in [-0.39, 0.29) is 24.0 Å². The first-order chi connectivity index (χ1) is 11.3. The SMILES string of the molecule is CCOC(=O)C1CCC(c2ccccc2)N(C(=O)OC(C)(C)C)C1. The van der Waals surface area contributed by atoms with Crippen LogP contribution in [0.5, 0.6) is 0 Å². The van der Waals surface area contributed by atoms with Crippen LogP contribution < -0.4 is 0 Å². The number of ether oxygens (including phenoxy) is 2. The van der Waals surface area contributed by atoms with E-state index in [1.165, 1.54) is 0 Å². The maximum Gasteiger partial charge on any atom is 0.410 e. The molecule has 1 heterocycles. The minimum absolute atomic E-state index is 0.0771. The predicted octanol–water partition coefficient (Wildman–Crippen LogP) is 3.94. The number of esters is 1. The lowest BCUT2D eigenvalue weighted by Gasteiger charge is -2.39. The first-order valence-electron chi connectivity index (χ1n) is 8.53. The van der Waals surface area contributed by atoms with Gasteiger partial charge in [0.25, 0.3) is 0 Å². The minimum Gasteiger partial charge on any atom is -0.466 e. The summed E-state index contributed by atoms with van der Waals surface area (Å²) in [4.78, 5) is 26.4. The maximum atomic E-state index is 12.7. The lowest BCUT2D eigenvalue weighted by molar-refractivity contribution is -0.150. The smallest absolute Gasteiger partial charge is 0.410 e. The molecule has 5 heteroatoms. The van der Waals surface area contributed by atoms with E-state index in [1.807, 2.05) is 51.1 Å². The Morgan fingerprint density at radius 1 is 1.17 bits per heavy atom. The van der Waals surface area contributed by atoms with E-state index < -0.39 is 5.60 Å². The summed E-state index contributed by atoms with van der Waals surface area (Å²) in [6.07, 6.45) is 1.04. The largest absolute Gasteiger partial charge is 0.466 e. The van der Waals surface area contributed by atoms with Crippen molar-refractivity contribution in [2.75, 3.05) is 13.2 Å². The van der Waals surface area contributed by atoms with Crippen LogP contribution in [0, 0.1) is 5.92 Å². The van der Waals surface area contributed by atoms with Gasteiger partial charge in [-0.3, -0.25) is 4.79 Å². The number of benzene rings is 1. The minimum atomic E-state index is -0.574. The molecule has 24 heavy (non-hydrogen) atoms. The normalized spacial score (nSPS) is 21.2. The van der Waals surface area contributed by atoms with Crippen LogP contribution in [0.3, 0.4) is 0 Å². The number of carbonyl (C=O) groups is 2. The fraction of sp³-hybridized carbons (Fsp3) is 0.579. The van der Waals surface area contributed by atoms with Crippen LogP contribution >= 0.6 is 0 Å². The Balaban J connectivity index is 2.21. The highest BCUT2D eigenvalue weighted by molar-refractivity contribution is 5.75. The summed E-state index contributed by atoms with van der Waals surface area (Å²) >= 11 is 0. The van der Waals surface area contributed by atoms with Crippen LogP contribution in [0.25, 0.3) is 0 Å². The molecule has 132 valence electrons. The van der Waals surface area contributed by atoms with Crippen molar-refractivity contribution in [1.29, 1.82) is 0 Å². The van der Waals surface area contributed by atoms with Gasteiger partial charge in [0.05, 0.1) is 18.6 Å². The fourth-order valence-corrected chi connectivity index (χ4v) is 2.97. The fourth-order valence-electron chi connectivity index (χ4n) is 2.97. The van der Waals surface area contributed by atoms with Crippen molar-refractivity contribution in [3.05, 3.63) is 35.9 Å². The summed E-state index contributed by atoms with van der Waals surface area (Å²) in [6, 6.07) is 9.80. The zero-order valence-electron chi connectivity index (χ0n) is 15.0. The summed E-state index contributed by atoms with van der Waals surface area (Å²) in [6.45, 7) is 8.00. The highest BCUT2D eigenvalue weighted by atomic mass is 16.6. The first-order valence-corrected chi connectivity index (χ1v) is 8.53. The second kappa shape index (κ2) is 7.69. The van der Waals surface area contributed by atoms with Gasteiger partial charge in [0.15, 0.2) is 0 Å². The molecule has 0 aliphatic carbocycles. The Bertz CT molecular complexity index is 564. The Kier molecular flexibility index (Phi) is 5.86. The molecule has 1 fully saturated rings. The third-order valence-electron chi connectivity index (χ3n) is 4.01. The van der Waals surface area contributed by atoms with E-state index in [1.54, 1.807) is 11.8 Å². The van der Waals surface area contributed by atoms with Crippen molar-refractivity contribution >= 4 is 12.1 Å². The van der Waals surface area contributed by atoms with E-state index in [9.17, 15) is 9.59 Å². The number of rotatable bonds is 3. The van der Waals surface area contributed by atoms with Gasteiger partial charge in [-0.2, -0.15) is 0 Å². The van der Waals surface area contributed by atoms with Crippen molar-refractivity contribution in [3.63, 3.8) is 0 Å². The highest BCUT2D eigenvalue weighted by Crippen LogP contribution is 2.35. The van der Waals surface area contributed by atoms with E-state index >= 15 is 0 Å². The number of piperidine rings is 1. The summed E-state index contributed by atoms with van der Waals surface area (Å²) in [7, 11) is 0. The first kappa shape index (κ1) is 18.3. The van der Waals surface area contributed by atoms with Gasteiger partial charge in [0.1, 0.15) is 5.60 Å². The average Bonchev–Trinajstić information content (AvgIpc) is 2.54. The molecule has 0 radical (unpaired) electrons. The van der Waals surface area contributed by atoms with Gasteiger partial charge in [-0.05, 0) is 46.1 Å². The molecular formula is C19H27NO4. The summed E-state index contributed by atoms with van der Waals surface area (Å²) in [5.74, 6) is -0.532. The van der Waals surface area contributed by atoms with Crippen LogP contribution in [0.15, 0.2) is 30.3 Å². The third kappa shape index (κ3) is 4.73. The summed E-state index contributed by atoms with van der Waals surface area (Å²) in [5.41, 5.74) is 0.487. The van der Waals surface area contributed by atoms with E-state index in [2.05, 4.69) is 0 Å². The number of carbonyl (C=O) groups excluding carboxylic acids is 2. The molecule has 2 rings (SSSR count). The molecule has 2 unspecified atom stereocenters. The molecule has 1 aliphatic heterocycles. The molecule has 1 aromatic carbocycles. The monoisotopic (exact) mass is 333 g/mol. The lowest BCUT2D eigenvalue weighted by Crippen LogP contribution is -2.46. The van der Waals surface area contributed by atoms with Crippen molar-refractivity contribution < 1.29 is 19.1 Å². The number of likely N-dealkylation sites (tertiary alicyclic amines) is 1. The zero-order chi connectivity index (χ0) is 17.7. The molecular weight excluding hydrogens is 306 g/mol. The summed E-state index contributed by atoms with van der Waals surface area (Å²) < 4.78 is 10.7. The molecule has 0 aromatic heterocycles. The van der Waals surface area contributed by atoms with Crippen molar-refractivity contribution in [1.82, 2.24) is 4.90 Å². The third-order valence-corrected chi connectivity index (χ3v) is 4.01. The summed E-state index contributed by atoms with van der Waals surface area (Å²) in [5, 5.41) is 0. The standard InChI is InChI=1S/C19H27NO4/c1-5-23-17(21)15-11-12-16(14-9-7-6-8-10-14)20(13-15)18(22)24-19(2,3)4/h6-10,15-16H,5,11-13H2,1-4H3. The molecule has 2 atom stereocenters. The second-order valence-electron chi connectivity index (χ2n) is 7.09. The number of hydrogen-bond donors (Lipinski definition) is 0. The highest BCUT2D eigenvalue weighted by Gasteiger charge is 2.38. The Morgan fingerprint density at radius 3 is 2.42 bits per heavy atom. The Hall–Kier alpha value is -2.04. The van der Waals surface area contributed by atoms with Crippen LogP contribution in [0.2, 0.25) is 0 Å². The number of amides is 1. The van der Waals surface area contributed by atoms with Crippen molar-refractivity contribution in [2.45, 2.75) is 52.2 Å². The van der Waals surface area contributed by atoms with Crippen molar-refractivity contribution in [2.24, 2.45) is 5.92 Å². The zero-order valence-corrected chi connectivity index (χ0v) is 15.0. The van der Waals surface area contributed by atoms with E-state index in [0.717, 1.165) is 5.56 Å². The molecule has 1 aliphatic rings. The van der Waals surface area contributed by atoms with Gasteiger partial charge in [-0.1, -0.05) is 30.3 Å². The quantitative estimate of drug-likeness (QED) is 0.786. The van der Waals surface area contributed by atoms with Gasteiger partial charge in [-0.25, -0.2) is 4.79 Å². The topological polar surface area (TPSA) is 55.8 Å².